The highest BCUT2D eigenvalue weighted by molar-refractivity contribution is 5.67. The van der Waals surface area contributed by atoms with Crippen LogP contribution in [0.5, 0.6) is 0 Å². The summed E-state index contributed by atoms with van der Waals surface area (Å²) in [5.74, 6) is 0. The Bertz CT molecular complexity index is 821. The molecule has 0 aliphatic rings. The van der Waals surface area contributed by atoms with Gasteiger partial charge in [-0.3, -0.25) is 4.79 Å². The van der Waals surface area contributed by atoms with E-state index < -0.39 is 0 Å². The fourth-order valence-corrected chi connectivity index (χ4v) is 2.80. The van der Waals surface area contributed by atoms with Crippen molar-refractivity contribution in [3.05, 3.63) is 93.9 Å². The van der Waals surface area contributed by atoms with Gasteiger partial charge in [-0.2, -0.15) is 0 Å². The van der Waals surface area contributed by atoms with Gasteiger partial charge in [-0.1, -0.05) is 54.6 Å². The van der Waals surface area contributed by atoms with E-state index in [4.69, 9.17) is 0 Å². The Morgan fingerprint density at radius 2 is 1.64 bits per heavy atom. The second-order valence-corrected chi connectivity index (χ2v) is 5.65. The van der Waals surface area contributed by atoms with Gasteiger partial charge in [0, 0.05) is 18.8 Å². The van der Waals surface area contributed by atoms with Crippen LogP contribution in [-0.4, -0.2) is 4.57 Å². The first kappa shape index (κ1) is 14.3. The van der Waals surface area contributed by atoms with Crippen LogP contribution in [0.25, 0.3) is 11.1 Å². The number of nitrogens with zero attached hydrogens (tertiary/aromatic N) is 1. The normalized spacial score (nSPS) is 10.6. The van der Waals surface area contributed by atoms with E-state index in [-0.39, 0.29) is 5.56 Å². The van der Waals surface area contributed by atoms with Crippen molar-refractivity contribution in [2.45, 2.75) is 13.3 Å². The average molecular weight is 289 g/mol. The Balaban J connectivity index is 2.07. The van der Waals surface area contributed by atoms with Crippen molar-refractivity contribution in [1.29, 1.82) is 0 Å². The topological polar surface area (TPSA) is 22.0 Å². The molecule has 1 aromatic heterocycles. The van der Waals surface area contributed by atoms with E-state index in [1.807, 2.05) is 31.3 Å². The second kappa shape index (κ2) is 6.02. The molecule has 0 fully saturated rings. The summed E-state index contributed by atoms with van der Waals surface area (Å²) in [5.41, 5.74) is 5.67. The van der Waals surface area contributed by atoms with Crippen molar-refractivity contribution in [2.75, 3.05) is 0 Å². The molecule has 2 aromatic carbocycles. The summed E-state index contributed by atoms with van der Waals surface area (Å²) in [6.07, 6.45) is 2.80. The fourth-order valence-electron chi connectivity index (χ4n) is 2.80. The quantitative estimate of drug-likeness (QED) is 0.715. The van der Waals surface area contributed by atoms with Crippen LogP contribution >= 0.6 is 0 Å². The number of hydrogen-bond acceptors (Lipinski definition) is 1. The van der Waals surface area contributed by atoms with E-state index in [1.54, 1.807) is 11.6 Å². The van der Waals surface area contributed by atoms with Crippen LogP contribution in [-0.2, 0) is 13.5 Å². The SMILES string of the molecule is Cc1cc(-c2ccccc2Cc2ccccc2)cn(C)c1=O. The van der Waals surface area contributed by atoms with Crippen LogP contribution in [0.15, 0.2) is 71.7 Å². The Labute approximate surface area is 130 Å². The molecule has 0 saturated heterocycles. The number of benzene rings is 2. The lowest BCUT2D eigenvalue weighted by Crippen LogP contribution is -2.18. The van der Waals surface area contributed by atoms with E-state index in [9.17, 15) is 4.79 Å². The summed E-state index contributed by atoms with van der Waals surface area (Å²) in [7, 11) is 1.80. The monoisotopic (exact) mass is 289 g/mol. The van der Waals surface area contributed by atoms with Crippen molar-refractivity contribution in [3.63, 3.8) is 0 Å². The van der Waals surface area contributed by atoms with Gasteiger partial charge in [-0.15, -0.1) is 0 Å². The van der Waals surface area contributed by atoms with Crippen LogP contribution in [0.4, 0.5) is 0 Å². The lowest BCUT2D eigenvalue weighted by atomic mass is 9.95. The van der Waals surface area contributed by atoms with Crippen molar-refractivity contribution in [3.8, 4) is 11.1 Å². The molecule has 2 heteroatoms. The fraction of sp³-hybridized carbons (Fsp3) is 0.150. The van der Waals surface area contributed by atoms with E-state index >= 15 is 0 Å². The molecule has 0 N–H and O–H groups in total. The van der Waals surface area contributed by atoms with Gasteiger partial charge in [0.05, 0.1) is 0 Å². The molecule has 0 radical (unpaired) electrons. The summed E-state index contributed by atoms with van der Waals surface area (Å²) in [5, 5.41) is 0. The Kier molecular flexibility index (Phi) is 3.92. The summed E-state index contributed by atoms with van der Waals surface area (Å²) < 4.78 is 1.66. The highest BCUT2D eigenvalue weighted by Crippen LogP contribution is 2.25. The molecular weight excluding hydrogens is 270 g/mol. The predicted molar refractivity (Wildman–Crippen MR) is 91.1 cm³/mol. The van der Waals surface area contributed by atoms with Crippen LogP contribution in [0, 0.1) is 6.92 Å². The molecule has 0 amide bonds. The van der Waals surface area contributed by atoms with E-state index in [0.29, 0.717) is 0 Å². The lowest BCUT2D eigenvalue weighted by Gasteiger charge is -2.12. The van der Waals surface area contributed by atoms with Crippen LogP contribution < -0.4 is 5.56 Å². The molecule has 0 aliphatic heterocycles. The minimum absolute atomic E-state index is 0.0595. The van der Waals surface area contributed by atoms with Gasteiger partial charge in [0.2, 0.25) is 0 Å². The molecule has 0 unspecified atom stereocenters. The maximum Gasteiger partial charge on any atom is 0.253 e. The molecule has 2 nitrogen and oxygen atoms in total. The first-order chi connectivity index (χ1) is 10.6. The highest BCUT2D eigenvalue weighted by atomic mass is 16.1. The second-order valence-electron chi connectivity index (χ2n) is 5.65. The largest absolute Gasteiger partial charge is 0.318 e. The van der Waals surface area contributed by atoms with Gasteiger partial charge in [0.25, 0.3) is 5.56 Å². The van der Waals surface area contributed by atoms with Crippen LogP contribution in [0.2, 0.25) is 0 Å². The number of pyridine rings is 1. The molecule has 3 aromatic rings. The van der Waals surface area contributed by atoms with Crippen LogP contribution in [0.1, 0.15) is 16.7 Å². The first-order valence-corrected chi connectivity index (χ1v) is 7.44. The molecule has 1 heterocycles. The predicted octanol–water partition coefficient (Wildman–Crippen LogP) is 3.95. The minimum atomic E-state index is 0.0595. The molecule has 0 saturated carbocycles. The van der Waals surface area contributed by atoms with Crippen molar-refractivity contribution >= 4 is 0 Å². The molecule has 0 atom stereocenters. The first-order valence-electron chi connectivity index (χ1n) is 7.44. The van der Waals surface area contributed by atoms with Gasteiger partial charge < -0.3 is 4.57 Å². The van der Waals surface area contributed by atoms with Crippen molar-refractivity contribution in [2.24, 2.45) is 7.05 Å². The number of aryl methyl sites for hydroxylation is 2. The molecule has 0 aliphatic carbocycles. The summed E-state index contributed by atoms with van der Waals surface area (Å²) in [6, 6.07) is 20.8. The summed E-state index contributed by atoms with van der Waals surface area (Å²) in [6.45, 7) is 1.87. The van der Waals surface area contributed by atoms with Gasteiger partial charge in [0.15, 0.2) is 0 Å². The zero-order valence-electron chi connectivity index (χ0n) is 12.9. The summed E-state index contributed by atoms with van der Waals surface area (Å²) in [4.78, 5) is 11.9. The maximum absolute atomic E-state index is 11.9. The molecule has 22 heavy (non-hydrogen) atoms. The molecule has 3 rings (SSSR count). The lowest BCUT2D eigenvalue weighted by molar-refractivity contribution is 0.850. The zero-order valence-corrected chi connectivity index (χ0v) is 12.9. The Hall–Kier alpha value is -2.61. The standard InChI is InChI=1S/C20H19NO/c1-15-12-18(14-21(2)20(15)22)19-11-7-6-10-17(19)13-16-8-4-3-5-9-16/h3-12,14H,13H2,1-2H3. The van der Waals surface area contributed by atoms with E-state index in [1.165, 1.54) is 16.7 Å². The van der Waals surface area contributed by atoms with Crippen molar-refractivity contribution < 1.29 is 0 Å². The number of rotatable bonds is 3. The smallest absolute Gasteiger partial charge is 0.253 e. The maximum atomic E-state index is 11.9. The van der Waals surface area contributed by atoms with E-state index in [2.05, 4.69) is 42.5 Å². The van der Waals surface area contributed by atoms with Gasteiger partial charge in [-0.05, 0) is 41.7 Å². The molecule has 110 valence electrons. The molecular formula is C20H19NO. The third-order valence-electron chi connectivity index (χ3n) is 3.93. The average Bonchev–Trinajstić information content (AvgIpc) is 2.54. The Morgan fingerprint density at radius 1 is 0.955 bits per heavy atom. The van der Waals surface area contributed by atoms with Gasteiger partial charge >= 0.3 is 0 Å². The van der Waals surface area contributed by atoms with Gasteiger partial charge in [-0.25, -0.2) is 0 Å². The third-order valence-corrected chi connectivity index (χ3v) is 3.93. The highest BCUT2D eigenvalue weighted by Gasteiger charge is 2.08. The number of hydrogen-bond donors (Lipinski definition) is 0. The van der Waals surface area contributed by atoms with E-state index in [0.717, 1.165) is 17.5 Å². The zero-order chi connectivity index (χ0) is 15.5. The molecule has 0 spiro atoms. The van der Waals surface area contributed by atoms with Crippen LogP contribution in [0.3, 0.4) is 0 Å². The number of aromatic nitrogens is 1. The minimum Gasteiger partial charge on any atom is -0.318 e. The molecule has 0 bridgehead atoms. The van der Waals surface area contributed by atoms with Crippen molar-refractivity contribution in [1.82, 2.24) is 4.57 Å². The Morgan fingerprint density at radius 3 is 2.36 bits per heavy atom. The third kappa shape index (κ3) is 2.86. The summed E-state index contributed by atoms with van der Waals surface area (Å²) >= 11 is 0. The van der Waals surface area contributed by atoms with Gasteiger partial charge in [0.1, 0.15) is 0 Å².